The van der Waals surface area contributed by atoms with E-state index in [2.05, 4.69) is 54.4 Å². The number of hydrogen-bond donors (Lipinski definition) is 2. The molecule has 8 nitrogen and oxygen atoms in total. The molecule has 0 radical (unpaired) electrons. The molecule has 0 fully saturated rings. The highest BCUT2D eigenvalue weighted by atomic mass is 127. The van der Waals surface area contributed by atoms with E-state index in [-0.39, 0.29) is 29.3 Å². The number of aryl methyl sites for hydroxylation is 3. The highest BCUT2D eigenvalue weighted by Gasteiger charge is 2.21. The number of rotatable bonds is 7. The lowest BCUT2D eigenvalue weighted by Crippen LogP contribution is -2.28. The van der Waals surface area contributed by atoms with Crippen LogP contribution in [0.1, 0.15) is 35.9 Å². The molecule has 30 heavy (non-hydrogen) atoms. The molecular weight excluding hydrogens is 522 g/mol. The van der Waals surface area contributed by atoms with Crippen molar-refractivity contribution >= 4 is 49.6 Å². The minimum Gasteiger partial charge on any atom is -0.382 e. The number of nitrogens with zero attached hydrogens (tertiary/aromatic N) is 4. The third-order valence-corrected chi connectivity index (χ3v) is 7.68. The van der Waals surface area contributed by atoms with Crippen molar-refractivity contribution in [2.45, 2.75) is 39.2 Å². The molecule has 0 aliphatic heterocycles. The zero-order valence-corrected chi connectivity index (χ0v) is 19.4. The fourth-order valence-electron chi connectivity index (χ4n) is 3.86. The topological polar surface area (TPSA) is 116 Å². The molecule has 0 bridgehead atoms. The lowest BCUT2D eigenvalue weighted by molar-refractivity contribution is 0.542. The highest BCUT2D eigenvalue weighted by Crippen LogP contribution is 2.29. The molecule has 2 heterocycles. The first kappa shape index (κ1) is 21.4. The second kappa shape index (κ2) is 8.35. The van der Waals surface area contributed by atoms with Crippen LogP contribution in [-0.4, -0.2) is 40.2 Å². The quantitative estimate of drug-likeness (QED) is 0.348. The van der Waals surface area contributed by atoms with E-state index in [1.165, 1.54) is 11.1 Å². The molecule has 0 unspecified atom stereocenters. The monoisotopic (exact) mass is 544 g/mol. The number of fused-ring (bicyclic) bond motifs is 2. The van der Waals surface area contributed by atoms with Crippen LogP contribution in [0.15, 0.2) is 12.1 Å². The fraction of sp³-hybridized carbons (Fsp3) is 0.421. The van der Waals surface area contributed by atoms with E-state index < -0.39 is 16.1 Å². The first-order valence-electron chi connectivity index (χ1n) is 9.73. The van der Waals surface area contributed by atoms with Crippen molar-refractivity contribution in [2.75, 3.05) is 18.0 Å². The Hall–Kier alpha value is -1.86. The molecule has 1 aromatic carbocycles. The van der Waals surface area contributed by atoms with Crippen molar-refractivity contribution in [3.63, 3.8) is 0 Å². The Morgan fingerprint density at radius 1 is 1.23 bits per heavy atom. The Bertz CT molecular complexity index is 1230. The van der Waals surface area contributed by atoms with Gasteiger partial charge in [-0.1, -0.05) is 13.0 Å². The van der Waals surface area contributed by atoms with Gasteiger partial charge in [-0.25, -0.2) is 18.1 Å². The van der Waals surface area contributed by atoms with Gasteiger partial charge in [-0.15, -0.1) is 0 Å². The number of nitrogens with two attached hydrogens (primary N) is 1. The van der Waals surface area contributed by atoms with Gasteiger partial charge in [0.2, 0.25) is 10.0 Å². The maximum Gasteiger partial charge on any atom is 0.312 e. The van der Waals surface area contributed by atoms with Crippen molar-refractivity contribution in [3.05, 3.63) is 44.3 Å². The molecule has 0 saturated carbocycles. The number of halogens is 2. The summed E-state index contributed by atoms with van der Waals surface area (Å²) < 4.78 is 43.4. The third-order valence-electron chi connectivity index (χ3n) is 5.23. The summed E-state index contributed by atoms with van der Waals surface area (Å²) in [5, 5.41) is 0. The predicted octanol–water partition coefficient (Wildman–Crippen LogP) is 2.17. The van der Waals surface area contributed by atoms with E-state index >= 15 is 0 Å². The maximum atomic E-state index is 13.8. The number of hydrogen-bond acceptors (Lipinski definition) is 6. The standard InChI is InChI=1S/C19H22FIN6O2S/c1-2-23-30(28,29)7-6-27-15(24-16-17(22)25-19(20)26-18(16)27)10-13-8-11-4-3-5-12(11)9-14(13)21/h8-9,23H,2-7,10H2,1H3,(H2,22,25,26). The Morgan fingerprint density at radius 3 is 2.70 bits per heavy atom. The van der Waals surface area contributed by atoms with Gasteiger partial charge in [0.15, 0.2) is 17.0 Å². The summed E-state index contributed by atoms with van der Waals surface area (Å²) in [7, 11) is -3.47. The normalized spacial score (nSPS) is 13.8. The van der Waals surface area contributed by atoms with E-state index in [9.17, 15) is 12.8 Å². The predicted molar refractivity (Wildman–Crippen MR) is 121 cm³/mol. The van der Waals surface area contributed by atoms with E-state index in [4.69, 9.17) is 5.73 Å². The van der Waals surface area contributed by atoms with Gasteiger partial charge in [0.05, 0.1) is 5.75 Å². The Balaban J connectivity index is 1.76. The number of anilines is 1. The Morgan fingerprint density at radius 2 is 1.97 bits per heavy atom. The Labute approximate surface area is 187 Å². The number of nitrogens with one attached hydrogen (secondary N) is 1. The largest absolute Gasteiger partial charge is 0.382 e. The summed E-state index contributed by atoms with van der Waals surface area (Å²) in [4.78, 5) is 12.0. The van der Waals surface area contributed by atoms with E-state index in [1.807, 2.05) is 0 Å². The lowest BCUT2D eigenvalue weighted by Gasteiger charge is -2.12. The fourth-order valence-corrected chi connectivity index (χ4v) is 5.59. The number of aromatic nitrogens is 4. The van der Waals surface area contributed by atoms with Crippen LogP contribution < -0.4 is 10.5 Å². The molecule has 1 aliphatic carbocycles. The molecule has 11 heteroatoms. The average molecular weight is 544 g/mol. The van der Waals surface area contributed by atoms with E-state index in [1.54, 1.807) is 11.5 Å². The van der Waals surface area contributed by atoms with Crippen LogP contribution in [-0.2, 0) is 35.8 Å². The van der Waals surface area contributed by atoms with Crippen molar-refractivity contribution in [1.82, 2.24) is 24.2 Å². The van der Waals surface area contributed by atoms with Crippen LogP contribution in [0.25, 0.3) is 11.2 Å². The molecule has 1 aliphatic rings. The van der Waals surface area contributed by atoms with Gasteiger partial charge >= 0.3 is 6.08 Å². The highest BCUT2D eigenvalue weighted by molar-refractivity contribution is 14.1. The third kappa shape index (κ3) is 4.28. The van der Waals surface area contributed by atoms with Crippen molar-refractivity contribution in [2.24, 2.45) is 0 Å². The van der Waals surface area contributed by atoms with Gasteiger partial charge in [-0.3, -0.25) is 0 Å². The zero-order valence-electron chi connectivity index (χ0n) is 16.5. The second-order valence-electron chi connectivity index (χ2n) is 7.29. The van der Waals surface area contributed by atoms with Crippen LogP contribution in [0.2, 0.25) is 0 Å². The molecular formula is C19H22FIN6O2S. The van der Waals surface area contributed by atoms with Crippen LogP contribution in [0.4, 0.5) is 10.2 Å². The number of benzene rings is 1. The number of imidazole rings is 1. The van der Waals surface area contributed by atoms with Crippen LogP contribution in [0.3, 0.4) is 0 Å². The van der Waals surface area contributed by atoms with Gasteiger partial charge in [-0.05, 0) is 64.6 Å². The summed E-state index contributed by atoms with van der Waals surface area (Å²) in [5.41, 5.74) is 10.2. The maximum absolute atomic E-state index is 13.8. The Kier molecular flexibility index (Phi) is 5.95. The average Bonchev–Trinajstić information content (AvgIpc) is 3.24. The second-order valence-corrected chi connectivity index (χ2v) is 10.4. The lowest BCUT2D eigenvalue weighted by atomic mass is 10.0. The van der Waals surface area contributed by atoms with Gasteiger partial charge in [-0.2, -0.15) is 14.4 Å². The molecule has 3 N–H and O–H groups in total. The van der Waals surface area contributed by atoms with Crippen LogP contribution in [0.5, 0.6) is 0 Å². The first-order chi connectivity index (χ1) is 14.3. The molecule has 0 amide bonds. The smallest absolute Gasteiger partial charge is 0.312 e. The molecule has 4 rings (SSSR count). The van der Waals surface area contributed by atoms with E-state index in [0.717, 1.165) is 28.4 Å². The summed E-state index contributed by atoms with van der Waals surface area (Å²) >= 11 is 2.31. The molecule has 3 aromatic rings. The molecule has 0 saturated heterocycles. The zero-order chi connectivity index (χ0) is 21.5. The SMILES string of the molecule is CCNS(=O)(=O)CCn1c(Cc2cc3c(cc2I)CCC3)nc2c(N)nc(F)nc21. The van der Waals surface area contributed by atoms with Gasteiger partial charge in [0.25, 0.3) is 0 Å². The molecule has 0 atom stereocenters. The van der Waals surface area contributed by atoms with Gasteiger partial charge in [0.1, 0.15) is 5.82 Å². The summed E-state index contributed by atoms with van der Waals surface area (Å²) in [6.45, 7) is 2.10. The minimum atomic E-state index is -3.47. The van der Waals surface area contributed by atoms with Crippen molar-refractivity contribution in [1.29, 1.82) is 0 Å². The number of nitrogen functional groups attached to an aromatic ring is 1. The van der Waals surface area contributed by atoms with Crippen molar-refractivity contribution < 1.29 is 12.8 Å². The van der Waals surface area contributed by atoms with Crippen molar-refractivity contribution in [3.8, 4) is 0 Å². The summed E-state index contributed by atoms with van der Waals surface area (Å²) in [5.74, 6) is 0.349. The first-order valence-corrected chi connectivity index (χ1v) is 12.5. The van der Waals surface area contributed by atoms with Gasteiger partial charge in [0, 0.05) is 23.1 Å². The number of sulfonamides is 1. The summed E-state index contributed by atoms with van der Waals surface area (Å²) in [6, 6.07) is 4.40. The molecule has 0 spiro atoms. The molecule has 160 valence electrons. The molecule has 2 aromatic heterocycles. The van der Waals surface area contributed by atoms with Crippen LogP contribution >= 0.6 is 22.6 Å². The summed E-state index contributed by atoms with van der Waals surface area (Å²) in [6.07, 6.45) is 2.80. The van der Waals surface area contributed by atoms with E-state index in [0.29, 0.717) is 18.8 Å². The minimum absolute atomic E-state index is 0.0595. The van der Waals surface area contributed by atoms with Crippen LogP contribution in [0, 0.1) is 9.65 Å². The van der Waals surface area contributed by atoms with Gasteiger partial charge < -0.3 is 10.3 Å².